The van der Waals surface area contributed by atoms with Crippen LogP contribution in [0.3, 0.4) is 0 Å². The summed E-state index contributed by atoms with van der Waals surface area (Å²) in [6, 6.07) is 12.1. The minimum absolute atomic E-state index is 0.105. The Labute approximate surface area is 126 Å². The van der Waals surface area contributed by atoms with E-state index in [2.05, 4.69) is 5.32 Å². The molecule has 19 heavy (non-hydrogen) atoms. The van der Waals surface area contributed by atoms with Crippen LogP contribution in [0, 0.1) is 0 Å². The summed E-state index contributed by atoms with van der Waals surface area (Å²) in [7, 11) is 0. The molecule has 2 aromatic carbocycles. The average molecular weight is 317 g/mol. The van der Waals surface area contributed by atoms with Gasteiger partial charge >= 0.3 is 0 Å². The lowest BCUT2D eigenvalue weighted by atomic mass is 10.1. The molecule has 0 aliphatic heterocycles. The van der Waals surface area contributed by atoms with Crippen LogP contribution in [-0.2, 0) is 0 Å². The summed E-state index contributed by atoms with van der Waals surface area (Å²) < 4.78 is 0. The smallest absolute Gasteiger partial charge is 0.0759 e. The molecular weight excluding hydrogens is 305 g/mol. The van der Waals surface area contributed by atoms with Crippen molar-refractivity contribution in [1.82, 2.24) is 0 Å². The number of hydrogen-bond donors (Lipinski definition) is 2. The van der Waals surface area contributed by atoms with Gasteiger partial charge in [0.25, 0.3) is 0 Å². The van der Waals surface area contributed by atoms with Gasteiger partial charge in [0.1, 0.15) is 0 Å². The minimum atomic E-state index is -0.343. The number of halogens is 3. The van der Waals surface area contributed by atoms with E-state index >= 15 is 0 Å². The third-order valence-electron chi connectivity index (χ3n) is 2.68. The topological polar surface area (TPSA) is 32.3 Å². The Morgan fingerprint density at radius 3 is 2.42 bits per heavy atom. The molecule has 0 bridgehead atoms. The van der Waals surface area contributed by atoms with Gasteiger partial charge in [-0.15, -0.1) is 0 Å². The van der Waals surface area contributed by atoms with Crippen molar-refractivity contribution in [1.29, 1.82) is 0 Å². The van der Waals surface area contributed by atoms with E-state index in [1.807, 2.05) is 12.1 Å². The van der Waals surface area contributed by atoms with Crippen LogP contribution in [0.15, 0.2) is 42.5 Å². The standard InChI is InChI=1S/C14H12Cl3NO/c15-9-2-1-3-11(6-9)18-14(8-19)12-7-10(16)4-5-13(12)17/h1-7,14,18-19H,8H2. The highest BCUT2D eigenvalue weighted by molar-refractivity contribution is 6.33. The second-order valence-electron chi connectivity index (χ2n) is 4.06. The molecule has 2 nitrogen and oxygen atoms in total. The maximum absolute atomic E-state index is 9.53. The van der Waals surface area contributed by atoms with Crippen molar-refractivity contribution in [3.05, 3.63) is 63.1 Å². The average Bonchev–Trinajstić information content (AvgIpc) is 2.39. The molecule has 0 amide bonds. The number of rotatable bonds is 4. The summed E-state index contributed by atoms with van der Waals surface area (Å²) in [4.78, 5) is 0. The van der Waals surface area contributed by atoms with Crippen molar-refractivity contribution in [3.63, 3.8) is 0 Å². The Hall–Kier alpha value is -0.930. The van der Waals surface area contributed by atoms with Crippen molar-refractivity contribution in [2.24, 2.45) is 0 Å². The maximum atomic E-state index is 9.53. The molecular formula is C14H12Cl3NO. The monoisotopic (exact) mass is 315 g/mol. The summed E-state index contributed by atoms with van der Waals surface area (Å²) in [5.41, 5.74) is 1.55. The fourth-order valence-electron chi connectivity index (χ4n) is 1.78. The molecule has 0 aliphatic rings. The molecule has 0 spiro atoms. The fraction of sp³-hybridized carbons (Fsp3) is 0.143. The van der Waals surface area contributed by atoms with Gasteiger partial charge in [-0.05, 0) is 42.0 Å². The summed E-state index contributed by atoms with van der Waals surface area (Å²) in [5.74, 6) is 0. The normalized spacial score (nSPS) is 12.2. The second-order valence-corrected chi connectivity index (χ2v) is 5.34. The Balaban J connectivity index is 2.27. The SMILES string of the molecule is OCC(Nc1cccc(Cl)c1)c1cc(Cl)ccc1Cl. The molecule has 2 N–H and O–H groups in total. The van der Waals surface area contributed by atoms with E-state index in [1.54, 1.807) is 30.3 Å². The Bertz CT molecular complexity index is 574. The summed E-state index contributed by atoms with van der Waals surface area (Å²) in [5, 5.41) is 14.5. The minimum Gasteiger partial charge on any atom is -0.394 e. The Kier molecular flexibility index (Phi) is 4.94. The van der Waals surface area contributed by atoms with Gasteiger partial charge in [0, 0.05) is 20.8 Å². The zero-order chi connectivity index (χ0) is 13.8. The van der Waals surface area contributed by atoms with Gasteiger partial charge in [-0.25, -0.2) is 0 Å². The molecule has 0 heterocycles. The third kappa shape index (κ3) is 3.77. The van der Waals surface area contributed by atoms with Gasteiger partial charge in [0.15, 0.2) is 0 Å². The van der Waals surface area contributed by atoms with Gasteiger partial charge in [0.2, 0.25) is 0 Å². The molecule has 1 unspecified atom stereocenters. The van der Waals surface area contributed by atoms with Gasteiger partial charge in [-0.3, -0.25) is 0 Å². The van der Waals surface area contributed by atoms with E-state index in [0.717, 1.165) is 11.3 Å². The lowest BCUT2D eigenvalue weighted by molar-refractivity contribution is 0.276. The predicted octanol–water partition coefficient (Wildman–Crippen LogP) is 4.79. The first-order valence-corrected chi connectivity index (χ1v) is 6.81. The number of aliphatic hydroxyl groups is 1. The predicted molar refractivity (Wildman–Crippen MR) is 81.4 cm³/mol. The molecule has 0 radical (unpaired) electrons. The quantitative estimate of drug-likeness (QED) is 0.850. The molecule has 0 saturated heterocycles. The van der Waals surface area contributed by atoms with Crippen molar-refractivity contribution >= 4 is 40.5 Å². The summed E-state index contributed by atoms with van der Waals surface area (Å²) in [6.45, 7) is -0.105. The van der Waals surface area contributed by atoms with Crippen LogP contribution in [0.25, 0.3) is 0 Å². The van der Waals surface area contributed by atoms with Gasteiger partial charge in [-0.1, -0.05) is 40.9 Å². The number of hydrogen-bond acceptors (Lipinski definition) is 2. The fourth-order valence-corrected chi connectivity index (χ4v) is 2.40. The van der Waals surface area contributed by atoms with Crippen LogP contribution in [0.2, 0.25) is 15.1 Å². The van der Waals surface area contributed by atoms with Gasteiger partial charge in [-0.2, -0.15) is 0 Å². The first kappa shape index (κ1) is 14.5. The van der Waals surface area contributed by atoms with E-state index in [1.165, 1.54) is 0 Å². The molecule has 0 fully saturated rings. The highest BCUT2D eigenvalue weighted by Crippen LogP contribution is 2.29. The second kappa shape index (κ2) is 6.49. The van der Waals surface area contributed by atoms with Crippen LogP contribution in [0.5, 0.6) is 0 Å². The lowest BCUT2D eigenvalue weighted by Gasteiger charge is -2.19. The Morgan fingerprint density at radius 1 is 1.00 bits per heavy atom. The molecule has 0 aliphatic carbocycles. The number of aliphatic hydroxyl groups excluding tert-OH is 1. The van der Waals surface area contributed by atoms with Crippen molar-refractivity contribution < 1.29 is 5.11 Å². The Morgan fingerprint density at radius 2 is 1.74 bits per heavy atom. The first-order chi connectivity index (χ1) is 9.10. The van der Waals surface area contributed by atoms with Crippen molar-refractivity contribution in [2.45, 2.75) is 6.04 Å². The molecule has 0 saturated carbocycles. The molecule has 1 atom stereocenters. The largest absolute Gasteiger partial charge is 0.394 e. The zero-order valence-corrected chi connectivity index (χ0v) is 12.2. The summed E-state index contributed by atoms with van der Waals surface area (Å²) >= 11 is 18.0. The van der Waals surface area contributed by atoms with E-state index in [-0.39, 0.29) is 12.6 Å². The van der Waals surface area contributed by atoms with Crippen LogP contribution in [-0.4, -0.2) is 11.7 Å². The third-order valence-corrected chi connectivity index (χ3v) is 3.50. The lowest BCUT2D eigenvalue weighted by Crippen LogP contribution is -2.15. The van der Waals surface area contributed by atoms with Crippen molar-refractivity contribution in [3.8, 4) is 0 Å². The van der Waals surface area contributed by atoms with E-state index < -0.39 is 0 Å². The highest BCUT2D eigenvalue weighted by atomic mass is 35.5. The molecule has 5 heteroatoms. The maximum Gasteiger partial charge on any atom is 0.0759 e. The van der Waals surface area contributed by atoms with E-state index in [4.69, 9.17) is 34.8 Å². The van der Waals surface area contributed by atoms with Crippen LogP contribution >= 0.6 is 34.8 Å². The number of benzene rings is 2. The van der Waals surface area contributed by atoms with Crippen LogP contribution in [0.4, 0.5) is 5.69 Å². The molecule has 100 valence electrons. The van der Waals surface area contributed by atoms with E-state index in [9.17, 15) is 5.11 Å². The number of anilines is 1. The highest BCUT2D eigenvalue weighted by Gasteiger charge is 2.14. The van der Waals surface area contributed by atoms with Crippen molar-refractivity contribution in [2.75, 3.05) is 11.9 Å². The zero-order valence-electron chi connectivity index (χ0n) is 9.91. The van der Waals surface area contributed by atoms with Gasteiger partial charge < -0.3 is 10.4 Å². The summed E-state index contributed by atoms with van der Waals surface area (Å²) in [6.07, 6.45) is 0. The first-order valence-electron chi connectivity index (χ1n) is 5.68. The molecule has 2 rings (SSSR count). The van der Waals surface area contributed by atoms with E-state index in [0.29, 0.717) is 15.1 Å². The van der Waals surface area contributed by atoms with Crippen LogP contribution < -0.4 is 5.32 Å². The molecule has 2 aromatic rings. The van der Waals surface area contributed by atoms with Gasteiger partial charge in [0.05, 0.1) is 12.6 Å². The van der Waals surface area contributed by atoms with Crippen LogP contribution in [0.1, 0.15) is 11.6 Å². The number of nitrogens with one attached hydrogen (secondary N) is 1. The molecule has 0 aromatic heterocycles.